The number of aryl methyl sites for hydroxylation is 2. The molecule has 2 aromatic rings. The Morgan fingerprint density at radius 2 is 1.44 bits per heavy atom. The number of hydrogen-bond donors (Lipinski definition) is 0. The van der Waals surface area contributed by atoms with Crippen molar-refractivity contribution < 1.29 is 4.57 Å². The standard InChI is InChI=1S/C26H38N/c1-17(2)13-19-11-12-27(10)23(15-19)20-16-22-21(14-18(20)3)24(4,5)26(8,9)25(22,6)7/h11-12,14-17H,13H2,1-10H3/q+1. The molecule has 1 aromatic carbocycles. The molecule has 1 heteroatoms. The highest BCUT2D eigenvalue weighted by molar-refractivity contribution is 5.67. The molecule has 1 nitrogen and oxygen atoms in total. The number of aromatic nitrogens is 1. The van der Waals surface area contributed by atoms with Crippen LogP contribution in [0.1, 0.15) is 77.6 Å². The van der Waals surface area contributed by atoms with Crippen molar-refractivity contribution in [2.75, 3.05) is 0 Å². The minimum absolute atomic E-state index is 0.141. The third kappa shape index (κ3) is 2.85. The van der Waals surface area contributed by atoms with Crippen LogP contribution >= 0.6 is 0 Å². The van der Waals surface area contributed by atoms with Crippen molar-refractivity contribution >= 4 is 0 Å². The fraction of sp³-hybridized carbons (Fsp3) is 0.577. The highest BCUT2D eigenvalue weighted by Gasteiger charge is 2.56. The maximum atomic E-state index is 2.50. The Morgan fingerprint density at radius 1 is 0.889 bits per heavy atom. The predicted octanol–water partition coefficient (Wildman–Crippen LogP) is 6.28. The molecule has 1 aromatic heterocycles. The number of fused-ring (bicyclic) bond motifs is 1. The van der Waals surface area contributed by atoms with E-state index in [9.17, 15) is 0 Å². The van der Waals surface area contributed by atoms with Crippen molar-refractivity contribution in [3.05, 3.63) is 52.7 Å². The zero-order chi connectivity index (χ0) is 20.4. The van der Waals surface area contributed by atoms with E-state index in [0.717, 1.165) is 6.42 Å². The van der Waals surface area contributed by atoms with E-state index in [4.69, 9.17) is 0 Å². The van der Waals surface area contributed by atoms with Gasteiger partial charge in [-0.15, -0.1) is 0 Å². The van der Waals surface area contributed by atoms with E-state index in [2.05, 4.69) is 104 Å². The lowest BCUT2D eigenvalue weighted by molar-refractivity contribution is -0.660. The van der Waals surface area contributed by atoms with Crippen molar-refractivity contribution in [2.24, 2.45) is 18.4 Å². The highest BCUT2D eigenvalue weighted by atomic mass is 14.9. The Kier molecular flexibility index (Phi) is 4.61. The molecule has 0 amide bonds. The monoisotopic (exact) mass is 364 g/mol. The van der Waals surface area contributed by atoms with Gasteiger partial charge in [0.25, 0.3) is 0 Å². The lowest BCUT2D eigenvalue weighted by Gasteiger charge is -2.44. The largest absolute Gasteiger partial charge is 0.212 e. The van der Waals surface area contributed by atoms with Crippen LogP contribution in [0.15, 0.2) is 30.5 Å². The summed E-state index contributed by atoms with van der Waals surface area (Å²) in [6.07, 6.45) is 3.35. The zero-order valence-electron chi connectivity index (χ0n) is 19.1. The second kappa shape index (κ2) is 6.19. The topological polar surface area (TPSA) is 3.88 Å². The van der Waals surface area contributed by atoms with E-state index in [1.807, 2.05) is 0 Å². The SMILES string of the molecule is Cc1cc2c(cc1-c1cc(CC(C)C)cc[n+]1C)C(C)(C)C(C)(C)C2(C)C. The molecule has 0 spiro atoms. The lowest BCUT2D eigenvalue weighted by Crippen LogP contribution is -2.42. The third-order valence-electron chi connectivity index (χ3n) is 7.97. The maximum absolute atomic E-state index is 2.50. The van der Waals surface area contributed by atoms with Gasteiger partial charge in [0.05, 0.1) is 0 Å². The Hall–Kier alpha value is -1.63. The van der Waals surface area contributed by atoms with Crippen LogP contribution in [0.4, 0.5) is 0 Å². The summed E-state index contributed by atoms with van der Waals surface area (Å²) in [4.78, 5) is 0. The summed E-state index contributed by atoms with van der Waals surface area (Å²) in [6.45, 7) is 21.4. The third-order valence-corrected chi connectivity index (χ3v) is 7.97. The summed E-state index contributed by atoms with van der Waals surface area (Å²) >= 11 is 0. The fourth-order valence-corrected chi connectivity index (χ4v) is 4.95. The normalized spacial score (nSPS) is 19.4. The van der Waals surface area contributed by atoms with Crippen LogP contribution in [-0.4, -0.2) is 0 Å². The number of pyridine rings is 1. The fourth-order valence-electron chi connectivity index (χ4n) is 4.95. The molecule has 0 unspecified atom stereocenters. The van der Waals surface area contributed by atoms with Crippen molar-refractivity contribution in [1.29, 1.82) is 0 Å². The first kappa shape index (κ1) is 20.1. The quantitative estimate of drug-likeness (QED) is 0.564. The molecule has 0 saturated heterocycles. The summed E-state index contributed by atoms with van der Waals surface area (Å²) in [6, 6.07) is 9.63. The first-order valence-corrected chi connectivity index (χ1v) is 10.4. The van der Waals surface area contributed by atoms with Gasteiger partial charge in [0.2, 0.25) is 5.69 Å². The molecule has 146 valence electrons. The molecule has 0 N–H and O–H groups in total. The molecule has 0 radical (unpaired) electrons. The van der Waals surface area contributed by atoms with Gasteiger partial charge < -0.3 is 0 Å². The number of hydrogen-bond acceptors (Lipinski definition) is 0. The molecule has 27 heavy (non-hydrogen) atoms. The zero-order valence-corrected chi connectivity index (χ0v) is 19.1. The first-order chi connectivity index (χ1) is 12.3. The molecule has 0 fully saturated rings. The van der Waals surface area contributed by atoms with Gasteiger partial charge in [0.1, 0.15) is 7.05 Å². The van der Waals surface area contributed by atoms with Crippen LogP contribution in [0.25, 0.3) is 11.3 Å². The minimum atomic E-state index is 0.141. The van der Waals surface area contributed by atoms with Gasteiger partial charge in [-0.3, -0.25) is 0 Å². The van der Waals surface area contributed by atoms with Crippen molar-refractivity contribution in [3.8, 4) is 11.3 Å². The molecule has 0 bridgehead atoms. The predicted molar refractivity (Wildman–Crippen MR) is 116 cm³/mol. The van der Waals surface area contributed by atoms with Crippen LogP contribution in [0.3, 0.4) is 0 Å². The molecule has 1 heterocycles. The van der Waals surface area contributed by atoms with Crippen LogP contribution in [-0.2, 0) is 24.3 Å². The van der Waals surface area contributed by atoms with E-state index in [1.54, 1.807) is 0 Å². The molecule has 3 rings (SSSR count). The molecular formula is C26H38N+. The molecule has 1 aliphatic carbocycles. The number of benzene rings is 1. The lowest BCUT2D eigenvalue weighted by atomic mass is 9.59. The number of nitrogens with zero attached hydrogens (tertiary/aromatic N) is 1. The maximum Gasteiger partial charge on any atom is 0.212 e. The summed E-state index contributed by atoms with van der Waals surface area (Å²) in [5.41, 5.74) is 9.07. The summed E-state index contributed by atoms with van der Waals surface area (Å²) in [5, 5.41) is 0. The van der Waals surface area contributed by atoms with Crippen LogP contribution in [0, 0.1) is 18.3 Å². The summed E-state index contributed by atoms with van der Waals surface area (Å²) in [5.74, 6) is 0.673. The van der Waals surface area contributed by atoms with E-state index < -0.39 is 0 Å². The Labute approximate surface area is 166 Å². The van der Waals surface area contributed by atoms with Crippen molar-refractivity contribution in [3.63, 3.8) is 0 Å². The molecular weight excluding hydrogens is 326 g/mol. The summed E-state index contributed by atoms with van der Waals surface area (Å²) in [7, 11) is 2.17. The van der Waals surface area contributed by atoms with E-state index in [0.29, 0.717) is 5.92 Å². The van der Waals surface area contributed by atoms with Gasteiger partial charge in [0, 0.05) is 17.7 Å². The van der Waals surface area contributed by atoms with Gasteiger partial charge in [-0.05, 0) is 63.8 Å². The van der Waals surface area contributed by atoms with Gasteiger partial charge in [-0.25, -0.2) is 4.57 Å². The van der Waals surface area contributed by atoms with Crippen LogP contribution in [0.5, 0.6) is 0 Å². The second-order valence-electron chi connectivity index (χ2n) is 10.7. The van der Waals surface area contributed by atoms with Crippen LogP contribution in [0.2, 0.25) is 0 Å². The van der Waals surface area contributed by atoms with Gasteiger partial charge in [-0.1, -0.05) is 61.5 Å². The molecule has 1 aliphatic rings. The van der Waals surface area contributed by atoms with Crippen molar-refractivity contribution in [2.45, 2.75) is 79.6 Å². The van der Waals surface area contributed by atoms with Gasteiger partial charge in [0.15, 0.2) is 6.20 Å². The average Bonchev–Trinajstić information content (AvgIpc) is 2.64. The molecule has 0 aliphatic heterocycles. The molecule has 0 saturated carbocycles. The second-order valence-corrected chi connectivity index (χ2v) is 10.7. The Balaban J connectivity index is 2.23. The van der Waals surface area contributed by atoms with E-state index in [1.165, 1.54) is 33.5 Å². The molecule has 0 atom stereocenters. The number of rotatable bonds is 3. The van der Waals surface area contributed by atoms with Crippen LogP contribution < -0.4 is 4.57 Å². The summed E-state index contributed by atoms with van der Waals surface area (Å²) < 4.78 is 2.27. The average molecular weight is 365 g/mol. The van der Waals surface area contributed by atoms with E-state index >= 15 is 0 Å². The first-order valence-electron chi connectivity index (χ1n) is 10.4. The smallest absolute Gasteiger partial charge is 0.201 e. The van der Waals surface area contributed by atoms with Crippen molar-refractivity contribution in [1.82, 2.24) is 0 Å². The van der Waals surface area contributed by atoms with Gasteiger partial charge in [-0.2, -0.15) is 0 Å². The minimum Gasteiger partial charge on any atom is -0.201 e. The Morgan fingerprint density at radius 3 is 2.00 bits per heavy atom. The van der Waals surface area contributed by atoms with E-state index in [-0.39, 0.29) is 16.2 Å². The van der Waals surface area contributed by atoms with Gasteiger partial charge >= 0.3 is 0 Å². The Bertz CT molecular complexity index is 881. The highest BCUT2D eigenvalue weighted by Crippen LogP contribution is 2.62.